The van der Waals surface area contributed by atoms with Crippen LogP contribution >= 0.6 is 12.6 Å². The Morgan fingerprint density at radius 2 is 1.94 bits per heavy atom. The van der Waals surface area contributed by atoms with E-state index < -0.39 is 0 Å². The average molecular weight is 246 g/mol. The summed E-state index contributed by atoms with van der Waals surface area (Å²) in [5.74, 6) is 0.566. The molecule has 0 aliphatic rings. The highest BCUT2D eigenvalue weighted by atomic mass is 32.1. The molecule has 0 fully saturated rings. The minimum absolute atomic E-state index is 0.173. The number of unbranched alkanes of at least 4 members (excludes halogenated alkanes) is 1. The number of carbonyl (C=O) groups excluding carboxylic acids is 1. The van der Waals surface area contributed by atoms with Crippen LogP contribution in [0.25, 0.3) is 0 Å². The summed E-state index contributed by atoms with van der Waals surface area (Å²) in [6, 6.07) is 0. The lowest BCUT2D eigenvalue weighted by Gasteiger charge is -2.18. The monoisotopic (exact) mass is 246 g/mol. The molecule has 0 heterocycles. The van der Waals surface area contributed by atoms with E-state index in [1.165, 1.54) is 12.8 Å². The number of rotatable bonds is 8. The largest absolute Gasteiger partial charge is 0.465 e. The first-order valence-electron chi connectivity index (χ1n) is 6.37. The van der Waals surface area contributed by atoms with Crippen molar-refractivity contribution in [2.45, 2.75) is 58.6 Å². The Morgan fingerprint density at radius 3 is 2.38 bits per heavy atom. The van der Waals surface area contributed by atoms with Crippen molar-refractivity contribution in [1.29, 1.82) is 0 Å². The molecule has 0 rings (SSSR count). The van der Waals surface area contributed by atoms with Crippen molar-refractivity contribution in [3.8, 4) is 0 Å². The molecule has 0 spiro atoms. The van der Waals surface area contributed by atoms with Crippen LogP contribution in [0.2, 0.25) is 0 Å². The number of hydrogen-bond acceptors (Lipinski definition) is 3. The van der Waals surface area contributed by atoms with Gasteiger partial charge in [0.2, 0.25) is 0 Å². The van der Waals surface area contributed by atoms with Gasteiger partial charge >= 0.3 is 5.97 Å². The molecule has 0 aromatic rings. The lowest BCUT2D eigenvalue weighted by molar-refractivity contribution is -0.145. The maximum atomic E-state index is 11.6. The van der Waals surface area contributed by atoms with Gasteiger partial charge in [-0.1, -0.05) is 47.0 Å². The second-order valence-electron chi connectivity index (χ2n) is 4.74. The van der Waals surface area contributed by atoms with E-state index in [1.807, 2.05) is 13.8 Å². The van der Waals surface area contributed by atoms with Gasteiger partial charge in [0.15, 0.2) is 0 Å². The van der Waals surface area contributed by atoms with Gasteiger partial charge in [0.05, 0.1) is 6.61 Å². The predicted molar refractivity (Wildman–Crippen MR) is 71.9 cm³/mol. The lowest BCUT2D eigenvalue weighted by atomic mass is 10.0. The Morgan fingerprint density at radius 1 is 1.31 bits per heavy atom. The highest BCUT2D eigenvalue weighted by Gasteiger charge is 2.20. The van der Waals surface area contributed by atoms with E-state index in [-0.39, 0.29) is 17.1 Å². The first-order chi connectivity index (χ1) is 7.52. The second-order valence-corrected chi connectivity index (χ2v) is 5.29. The topological polar surface area (TPSA) is 26.3 Å². The smallest absolute Gasteiger partial charge is 0.319 e. The van der Waals surface area contributed by atoms with Crippen molar-refractivity contribution in [3.05, 3.63) is 0 Å². The highest BCUT2D eigenvalue weighted by molar-refractivity contribution is 7.81. The fourth-order valence-corrected chi connectivity index (χ4v) is 1.53. The molecule has 0 amide bonds. The summed E-state index contributed by atoms with van der Waals surface area (Å²) in [6.07, 6.45) is 4.64. The molecule has 0 saturated heterocycles. The van der Waals surface area contributed by atoms with Crippen LogP contribution in [0.3, 0.4) is 0 Å². The zero-order chi connectivity index (χ0) is 12.6. The minimum atomic E-state index is -0.288. The predicted octanol–water partition coefficient (Wildman–Crippen LogP) is 3.70. The quantitative estimate of drug-likeness (QED) is 0.522. The fraction of sp³-hybridized carbons (Fsp3) is 0.923. The van der Waals surface area contributed by atoms with Crippen molar-refractivity contribution in [1.82, 2.24) is 0 Å². The van der Waals surface area contributed by atoms with Crippen molar-refractivity contribution >= 4 is 18.6 Å². The van der Waals surface area contributed by atoms with Crippen LogP contribution in [0.4, 0.5) is 0 Å². The van der Waals surface area contributed by atoms with Crippen LogP contribution in [0.1, 0.15) is 53.4 Å². The SMILES string of the molecule is CCCCC(CC)COC(=O)C(S)C(C)C. The first-order valence-corrected chi connectivity index (χ1v) is 6.89. The maximum Gasteiger partial charge on any atom is 0.319 e. The molecule has 0 saturated carbocycles. The molecular formula is C13H26O2S. The third kappa shape index (κ3) is 6.41. The molecule has 0 bridgehead atoms. The molecule has 2 nitrogen and oxygen atoms in total. The molecule has 0 aliphatic heterocycles. The van der Waals surface area contributed by atoms with E-state index in [4.69, 9.17) is 4.74 Å². The molecule has 0 aromatic heterocycles. The number of hydrogen-bond donors (Lipinski definition) is 1. The van der Waals surface area contributed by atoms with Crippen LogP contribution < -0.4 is 0 Å². The molecular weight excluding hydrogens is 220 g/mol. The molecule has 0 aliphatic carbocycles. The summed E-state index contributed by atoms with van der Waals surface area (Å²) >= 11 is 4.25. The molecule has 0 aromatic carbocycles. The highest BCUT2D eigenvalue weighted by Crippen LogP contribution is 2.15. The van der Waals surface area contributed by atoms with Gasteiger partial charge in [-0.3, -0.25) is 4.79 Å². The minimum Gasteiger partial charge on any atom is -0.465 e. The van der Waals surface area contributed by atoms with E-state index in [9.17, 15) is 4.79 Å². The fourth-order valence-electron chi connectivity index (χ4n) is 1.46. The summed E-state index contributed by atoms with van der Waals surface area (Å²) in [6.45, 7) is 8.84. The van der Waals surface area contributed by atoms with Gasteiger partial charge in [-0.2, -0.15) is 12.6 Å². The van der Waals surface area contributed by atoms with Crippen LogP contribution in [-0.2, 0) is 9.53 Å². The number of ether oxygens (including phenoxy) is 1. The Hall–Kier alpha value is -0.180. The van der Waals surface area contributed by atoms with Crippen LogP contribution in [0.5, 0.6) is 0 Å². The molecule has 16 heavy (non-hydrogen) atoms. The number of carbonyl (C=O) groups is 1. The second kappa shape index (κ2) is 8.91. The van der Waals surface area contributed by atoms with E-state index in [1.54, 1.807) is 0 Å². The first kappa shape index (κ1) is 15.8. The van der Waals surface area contributed by atoms with Crippen molar-refractivity contribution in [2.24, 2.45) is 11.8 Å². The Labute approximate surface area is 106 Å². The molecule has 96 valence electrons. The summed E-state index contributed by atoms with van der Waals surface area (Å²) in [5, 5.41) is -0.288. The van der Waals surface area contributed by atoms with Gasteiger partial charge in [-0.15, -0.1) is 0 Å². The van der Waals surface area contributed by atoms with Gasteiger partial charge in [0.1, 0.15) is 5.25 Å². The van der Waals surface area contributed by atoms with Gasteiger partial charge in [0.25, 0.3) is 0 Å². The van der Waals surface area contributed by atoms with E-state index in [2.05, 4.69) is 26.5 Å². The lowest BCUT2D eigenvalue weighted by Crippen LogP contribution is -2.25. The number of thiol groups is 1. The third-order valence-electron chi connectivity index (χ3n) is 2.88. The number of esters is 1. The van der Waals surface area contributed by atoms with Gasteiger partial charge < -0.3 is 4.74 Å². The van der Waals surface area contributed by atoms with Gasteiger partial charge in [0, 0.05) is 0 Å². The van der Waals surface area contributed by atoms with Gasteiger partial charge in [-0.25, -0.2) is 0 Å². The normalized spacial score (nSPS) is 14.9. The zero-order valence-corrected chi connectivity index (χ0v) is 11.9. The van der Waals surface area contributed by atoms with Crippen molar-refractivity contribution < 1.29 is 9.53 Å². The Kier molecular flexibility index (Phi) is 8.81. The van der Waals surface area contributed by atoms with E-state index >= 15 is 0 Å². The van der Waals surface area contributed by atoms with Crippen molar-refractivity contribution in [2.75, 3.05) is 6.61 Å². The van der Waals surface area contributed by atoms with Gasteiger partial charge in [-0.05, 0) is 18.3 Å². The molecule has 0 N–H and O–H groups in total. The van der Waals surface area contributed by atoms with Crippen LogP contribution in [0, 0.1) is 11.8 Å². The molecule has 2 atom stereocenters. The summed E-state index contributed by atoms with van der Waals surface area (Å²) in [5.41, 5.74) is 0. The molecule has 3 heteroatoms. The maximum absolute atomic E-state index is 11.6. The van der Waals surface area contributed by atoms with Crippen LogP contribution in [0.15, 0.2) is 0 Å². The van der Waals surface area contributed by atoms with Crippen LogP contribution in [-0.4, -0.2) is 17.8 Å². The molecule has 2 unspecified atom stereocenters. The standard InChI is InChI=1S/C13H26O2S/c1-5-7-8-11(6-2)9-15-13(14)12(16)10(3)4/h10-12,16H,5-9H2,1-4H3. The Bertz CT molecular complexity index is 192. The van der Waals surface area contributed by atoms with E-state index in [0.29, 0.717) is 12.5 Å². The summed E-state index contributed by atoms with van der Waals surface area (Å²) in [7, 11) is 0. The molecule has 0 radical (unpaired) electrons. The Balaban J connectivity index is 3.87. The van der Waals surface area contributed by atoms with Crippen molar-refractivity contribution in [3.63, 3.8) is 0 Å². The van der Waals surface area contributed by atoms with E-state index in [0.717, 1.165) is 12.8 Å². The zero-order valence-electron chi connectivity index (χ0n) is 11.0. The average Bonchev–Trinajstić information content (AvgIpc) is 2.27. The summed E-state index contributed by atoms with van der Waals surface area (Å²) in [4.78, 5) is 11.6. The summed E-state index contributed by atoms with van der Waals surface area (Å²) < 4.78 is 5.30. The third-order valence-corrected chi connectivity index (χ3v) is 3.68.